The van der Waals surface area contributed by atoms with E-state index < -0.39 is 0 Å². The molecule has 19 heavy (non-hydrogen) atoms. The predicted octanol–water partition coefficient (Wildman–Crippen LogP) is 2.29. The topological polar surface area (TPSA) is 58.6 Å². The van der Waals surface area contributed by atoms with Gasteiger partial charge in [0.05, 0.1) is 13.7 Å². The quantitative estimate of drug-likeness (QED) is 0.828. The molecular formula is C15H23NO3. The van der Waals surface area contributed by atoms with Gasteiger partial charge in [0.2, 0.25) is 0 Å². The molecule has 0 saturated carbocycles. The van der Waals surface area contributed by atoms with Crippen molar-refractivity contribution < 1.29 is 14.6 Å². The first kappa shape index (κ1) is 15.5. The molecule has 0 unspecified atom stereocenters. The number of hydrogen-bond donors (Lipinski definition) is 2. The van der Waals surface area contributed by atoms with Crippen LogP contribution < -0.4 is 10.1 Å². The van der Waals surface area contributed by atoms with Gasteiger partial charge in [-0.25, -0.2) is 0 Å². The van der Waals surface area contributed by atoms with Crippen molar-refractivity contribution in [3.05, 3.63) is 23.8 Å². The van der Waals surface area contributed by atoms with Crippen LogP contribution >= 0.6 is 0 Å². The Labute approximate surface area is 114 Å². The van der Waals surface area contributed by atoms with Gasteiger partial charge in [0.15, 0.2) is 11.5 Å². The summed E-state index contributed by atoms with van der Waals surface area (Å²) in [7, 11) is 1.51. The lowest BCUT2D eigenvalue weighted by molar-refractivity contribution is -0.118. The van der Waals surface area contributed by atoms with Gasteiger partial charge < -0.3 is 15.2 Å². The fraction of sp³-hybridized carbons (Fsp3) is 0.533. The van der Waals surface area contributed by atoms with Gasteiger partial charge in [-0.15, -0.1) is 0 Å². The van der Waals surface area contributed by atoms with Gasteiger partial charge in [0, 0.05) is 12.0 Å². The van der Waals surface area contributed by atoms with Gasteiger partial charge in [-0.05, 0) is 44.9 Å². The van der Waals surface area contributed by atoms with Gasteiger partial charge in [-0.2, -0.15) is 0 Å². The third-order valence-electron chi connectivity index (χ3n) is 2.75. The smallest absolute Gasteiger partial charge is 0.160 e. The second-order valence-corrected chi connectivity index (χ2v) is 5.65. The van der Waals surface area contributed by atoms with Gasteiger partial charge in [0.25, 0.3) is 0 Å². The van der Waals surface area contributed by atoms with Crippen LogP contribution in [0.3, 0.4) is 0 Å². The highest BCUT2D eigenvalue weighted by atomic mass is 16.5. The van der Waals surface area contributed by atoms with E-state index >= 15 is 0 Å². The molecule has 0 aliphatic heterocycles. The normalized spacial score (nSPS) is 11.4. The molecule has 0 fully saturated rings. The summed E-state index contributed by atoms with van der Waals surface area (Å²) in [5.74, 6) is 0.742. The summed E-state index contributed by atoms with van der Waals surface area (Å²) in [6, 6.07) is 5.16. The summed E-state index contributed by atoms with van der Waals surface area (Å²) in [4.78, 5) is 11.7. The largest absolute Gasteiger partial charge is 0.504 e. The molecule has 0 bridgehead atoms. The van der Waals surface area contributed by atoms with E-state index in [1.54, 1.807) is 12.1 Å². The van der Waals surface area contributed by atoms with Crippen LogP contribution in [-0.2, 0) is 11.2 Å². The van der Waals surface area contributed by atoms with Crippen molar-refractivity contribution in [3.63, 3.8) is 0 Å². The number of aromatic hydroxyl groups is 1. The SMILES string of the molecule is COc1cc(CCC(=O)CNC(C)(C)C)ccc1O. The predicted molar refractivity (Wildman–Crippen MR) is 75.7 cm³/mol. The first-order chi connectivity index (χ1) is 8.81. The molecule has 0 spiro atoms. The van der Waals surface area contributed by atoms with Crippen molar-refractivity contribution in [1.82, 2.24) is 5.32 Å². The number of ketones is 1. The van der Waals surface area contributed by atoms with Gasteiger partial charge in [-0.1, -0.05) is 6.07 Å². The number of phenolic OH excluding ortho intramolecular Hbond substituents is 1. The molecule has 0 atom stereocenters. The van der Waals surface area contributed by atoms with Crippen LogP contribution in [-0.4, -0.2) is 30.1 Å². The van der Waals surface area contributed by atoms with Gasteiger partial charge in [-0.3, -0.25) is 4.79 Å². The van der Waals surface area contributed by atoms with E-state index in [0.29, 0.717) is 25.1 Å². The Hall–Kier alpha value is -1.55. The van der Waals surface area contributed by atoms with Crippen molar-refractivity contribution in [1.29, 1.82) is 0 Å². The van der Waals surface area contributed by atoms with Gasteiger partial charge in [0.1, 0.15) is 5.78 Å². The van der Waals surface area contributed by atoms with E-state index in [-0.39, 0.29) is 17.1 Å². The Balaban J connectivity index is 2.46. The molecule has 4 heteroatoms. The Morgan fingerprint density at radius 1 is 1.37 bits per heavy atom. The maximum atomic E-state index is 11.7. The number of aryl methyl sites for hydroxylation is 1. The molecule has 1 aromatic rings. The molecule has 106 valence electrons. The molecule has 1 aromatic carbocycles. The third-order valence-corrected chi connectivity index (χ3v) is 2.75. The minimum Gasteiger partial charge on any atom is -0.504 e. The summed E-state index contributed by atoms with van der Waals surface area (Å²) in [6.45, 7) is 6.49. The number of methoxy groups -OCH3 is 1. The summed E-state index contributed by atoms with van der Waals surface area (Å²) in [5, 5.41) is 12.7. The number of phenols is 1. The molecule has 0 saturated heterocycles. The van der Waals surface area contributed by atoms with E-state index in [1.807, 2.05) is 26.8 Å². The lowest BCUT2D eigenvalue weighted by Gasteiger charge is -2.19. The molecule has 2 N–H and O–H groups in total. The molecule has 0 aromatic heterocycles. The zero-order valence-corrected chi connectivity index (χ0v) is 12.1. The highest BCUT2D eigenvalue weighted by Crippen LogP contribution is 2.26. The minimum absolute atomic E-state index is 0.0442. The van der Waals surface area contributed by atoms with Gasteiger partial charge >= 0.3 is 0 Å². The number of benzene rings is 1. The number of rotatable bonds is 6. The van der Waals surface area contributed by atoms with Crippen molar-refractivity contribution in [3.8, 4) is 11.5 Å². The van der Waals surface area contributed by atoms with Crippen molar-refractivity contribution in [2.45, 2.75) is 39.2 Å². The number of Topliss-reactive ketones (excluding diaryl/α,β-unsaturated/α-hetero) is 1. The average Bonchev–Trinajstić information content (AvgIpc) is 2.34. The minimum atomic E-state index is -0.0442. The first-order valence-electron chi connectivity index (χ1n) is 6.44. The van der Waals surface area contributed by atoms with E-state index in [0.717, 1.165) is 5.56 Å². The van der Waals surface area contributed by atoms with Crippen LogP contribution in [0.4, 0.5) is 0 Å². The number of ether oxygens (including phenoxy) is 1. The molecule has 0 heterocycles. The lowest BCUT2D eigenvalue weighted by atomic mass is 10.1. The zero-order chi connectivity index (χ0) is 14.5. The number of hydrogen-bond acceptors (Lipinski definition) is 4. The Morgan fingerprint density at radius 2 is 2.05 bits per heavy atom. The van der Waals surface area contributed by atoms with Crippen molar-refractivity contribution in [2.24, 2.45) is 0 Å². The standard InChI is InChI=1S/C15H23NO3/c1-15(2,3)16-10-12(17)7-5-11-6-8-13(18)14(9-11)19-4/h6,8-9,16,18H,5,7,10H2,1-4H3. The average molecular weight is 265 g/mol. The highest BCUT2D eigenvalue weighted by Gasteiger charge is 2.11. The van der Waals surface area contributed by atoms with Crippen LogP contribution in [0.25, 0.3) is 0 Å². The molecule has 0 radical (unpaired) electrons. The monoisotopic (exact) mass is 265 g/mol. The van der Waals surface area contributed by atoms with Crippen molar-refractivity contribution >= 4 is 5.78 Å². The summed E-state index contributed by atoms with van der Waals surface area (Å²) in [6.07, 6.45) is 1.14. The van der Waals surface area contributed by atoms with E-state index in [1.165, 1.54) is 7.11 Å². The fourth-order valence-corrected chi connectivity index (χ4v) is 1.61. The Bertz CT molecular complexity index is 436. The third kappa shape index (κ3) is 5.75. The van der Waals surface area contributed by atoms with E-state index in [2.05, 4.69) is 5.32 Å². The highest BCUT2D eigenvalue weighted by molar-refractivity contribution is 5.80. The Kier molecular flexibility index (Phi) is 5.36. The first-order valence-corrected chi connectivity index (χ1v) is 6.44. The number of carbonyl (C=O) groups excluding carboxylic acids is 1. The van der Waals surface area contributed by atoms with E-state index in [9.17, 15) is 9.90 Å². The van der Waals surface area contributed by atoms with Crippen LogP contribution in [0.5, 0.6) is 11.5 Å². The number of carbonyl (C=O) groups is 1. The molecule has 1 rings (SSSR count). The maximum absolute atomic E-state index is 11.7. The van der Waals surface area contributed by atoms with E-state index in [4.69, 9.17) is 4.74 Å². The zero-order valence-electron chi connectivity index (χ0n) is 12.1. The molecule has 0 amide bonds. The molecule has 4 nitrogen and oxygen atoms in total. The van der Waals surface area contributed by atoms with Crippen LogP contribution in [0.1, 0.15) is 32.8 Å². The molecular weight excluding hydrogens is 242 g/mol. The molecule has 0 aliphatic rings. The summed E-state index contributed by atoms with van der Waals surface area (Å²) >= 11 is 0. The number of nitrogens with one attached hydrogen (secondary N) is 1. The van der Waals surface area contributed by atoms with Crippen LogP contribution in [0, 0.1) is 0 Å². The summed E-state index contributed by atoms with van der Waals surface area (Å²) in [5.41, 5.74) is 0.941. The van der Waals surface area contributed by atoms with Crippen LogP contribution in [0.15, 0.2) is 18.2 Å². The lowest BCUT2D eigenvalue weighted by Crippen LogP contribution is -2.39. The fourth-order valence-electron chi connectivity index (χ4n) is 1.61. The Morgan fingerprint density at radius 3 is 2.63 bits per heavy atom. The second kappa shape index (κ2) is 6.57. The maximum Gasteiger partial charge on any atom is 0.160 e. The molecule has 0 aliphatic carbocycles. The second-order valence-electron chi connectivity index (χ2n) is 5.65. The van der Waals surface area contributed by atoms with Crippen molar-refractivity contribution in [2.75, 3.05) is 13.7 Å². The van der Waals surface area contributed by atoms with Crippen LogP contribution in [0.2, 0.25) is 0 Å². The summed E-state index contributed by atoms with van der Waals surface area (Å²) < 4.78 is 5.04.